The van der Waals surface area contributed by atoms with Gasteiger partial charge in [-0.15, -0.1) is 0 Å². The zero-order valence-electron chi connectivity index (χ0n) is 11.6. The van der Waals surface area contributed by atoms with E-state index in [4.69, 9.17) is 11.6 Å². The van der Waals surface area contributed by atoms with Crippen molar-refractivity contribution in [2.45, 2.75) is 45.7 Å². The van der Waals surface area contributed by atoms with Gasteiger partial charge in [0, 0.05) is 29.2 Å². The van der Waals surface area contributed by atoms with E-state index >= 15 is 0 Å². The summed E-state index contributed by atoms with van der Waals surface area (Å²) in [5.74, 6) is 0. The van der Waals surface area contributed by atoms with Gasteiger partial charge in [-0.2, -0.15) is 0 Å². The van der Waals surface area contributed by atoms with E-state index in [-0.39, 0.29) is 0 Å². The first-order valence-corrected chi connectivity index (χ1v) is 7.39. The summed E-state index contributed by atoms with van der Waals surface area (Å²) in [4.78, 5) is 4.47. The Balaban J connectivity index is 2.19. The van der Waals surface area contributed by atoms with Crippen LogP contribution < -0.4 is 5.32 Å². The fourth-order valence-corrected chi connectivity index (χ4v) is 2.61. The zero-order chi connectivity index (χ0) is 13.7. The fraction of sp³-hybridized carbons (Fsp3) is 0.438. The first kappa shape index (κ1) is 14.3. The normalized spacial score (nSPS) is 12.8. The van der Waals surface area contributed by atoms with E-state index in [0.717, 1.165) is 28.9 Å². The Labute approximate surface area is 120 Å². The second-order valence-electron chi connectivity index (χ2n) is 4.88. The molecule has 2 rings (SSSR count). The molecule has 0 saturated carbocycles. The summed E-state index contributed by atoms with van der Waals surface area (Å²) in [6, 6.07) is 8.57. The van der Waals surface area contributed by atoms with Crippen molar-refractivity contribution in [3.63, 3.8) is 0 Å². The van der Waals surface area contributed by atoms with Gasteiger partial charge in [-0.05, 0) is 36.6 Å². The van der Waals surface area contributed by atoms with Gasteiger partial charge in [0.25, 0.3) is 0 Å². The quantitative estimate of drug-likeness (QED) is 0.837. The van der Waals surface area contributed by atoms with Crippen molar-refractivity contribution in [2.24, 2.45) is 0 Å². The third kappa shape index (κ3) is 3.46. The van der Waals surface area contributed by atoms with Gasteiger partial charge in [0.15, 0.2) is 0 Å². The molecule has 1 aromatic heterocycles. The zero-order valence-corrected chi connectivity index (χ0v) is 12.4. The smallest absolute Gasteiger partial charge is 0.0761 e. The monoisotopic (exact) mass is 276 g/mol. The molecule has 0 fully saturated rings. The van der Waals surface area contributed by atoms with Crippen LogP contribution >= 0.6 is 11.6 Å². The SMILES string of the molecule is CCCC(CC)NCc1ccc(Cl)c2cccnc12. The predicted molar refractivity (Wildman–Crippen MR) is 82.6 cm³/mol. The van der Waals surface area contributed by atoms with Crippen molar-refractivity contribution < 1.29 is 0 Å². The van der Waals surface area contributed by atoms with E-state index < -0.39 is 0 Å². The lowest BCUT2D eigenvalue weighted by Gasteiger charge is -2.16. The first-order chi connectivity index (χ1) is 9.26. The molecule has 0 aliphatic heterocycles. The van der Waals surface area contributed by atoms with Crippen molar-refractivity contribution in [1.82, 2.24) is 10.3 Å². The molecule has 0 bridgehead atoms. The molecule has 0 aliphatic carbocycles. The maximum atomic E-state index is 6.21. The molecular formula is C16H21ClN2. The standard InChI is InChI=1S/C16H21ClN2/c1-3-6-13(4-2)19-11-12-8-9-15(17)14-7-5-10-18-16(12)14/h5,7-10,13,19H,3-4,6,11H2,1-2H3. The molecule has 2 aromatic rings. The molecule has 0 spiro atoms. The van der Waals surface area contributed by atoms with Gasteiger partial charge < -0.3 is 5.32 Å². The minimum absolute atomic E-state index is 0.583. The maximum absolute atomic E-state index is 6.21. The molecule has 3 heteroatoms. The highest BCUT2D eigenvalue weighted by molar-refractivity contribution is 6.35. The number of rotatable bonds is 6. The van der Waals surface area contributed by atoms with Crippen LogP contribution in [0.5, 0.6) is 0 Å². The predicted octanol–water partition coefficient (Wildman–Crippen LogP) is 4.56. The summed E-state index contributed by atoms with van der Waals surface area (Å²) in [6.45, 7) is 5.30. The van der Waals surface area contributed by atoms with E-state index in [1.54, 1.807) is 0 Å². The van der Waals surface area contributed by atoms with Gasteiger partial charge in [0.2, 0.25) is 0 Å². The average Bonchev–Trinajstić information content (AvgIpc) is 2.45. The molecular weight excluding hydrogens is 256 g/mol. The van der Waals surface area contributed by atoms with Gasteiger partial charge in [0.1, 0.15) is 0 Å². The van der Waals surface area contributed by atoms with Crippen molar-refractivity contribution >= 4 is 22.5 Å². The van der Waals surface area contributed by atoms with Crippen molar-refractivity contribution in [1.29, 1.82) is 0 Å². The van der Waals surface area contributed by atoms with E-state index in [0.29, 0.717) is 6.04 Å². The Bertz CT molecular complexity index is 539. The minimum Gasteiger partial charge on any atom is -0.310 e. The summed E-state index contributed by atoms with van der Waals surface area (Å²) in [5, 5.41) is 5.42. The lowest BCUT2D eigenvalue weighted by molar-refractivity contribution is 0.463. The number of pyridine rings is 1. The molecule has 1 N–H and O–H groups in total. The van der Waals surface area contributed by atoms with Crippen LogP contribution in [0.1, 0.15) is 38.7 Å². The van der Waals surface area contributed by atoms with E-state index in [2.05, 4.69) is 30.2 Å². The molecule has 0 radical (unpaired) electrons. The van der Waals surface area contributed by atoms with E-state index in [9.17, 15) is 0 Å². The topological polar surface area (TPSA) is 24.9 Å². The third-order valence-corrected chi connectivity index (χ3v) is 3.84. The molecule has 102 valence electrons. The van der Waals surface area contributed by atoms with Gasteiger partial charge in [0.05, 0.1) is 5.52 Å². The third-order valence-electron chi connectivity index (χ3n) is 3.51. The summed E-state index contributed by atoms with van der Waals surface area (Å²) in [5.41, 5.74) is 2.23. The Hall–Kier alpha value is -1.12. The summed E-state index contributed by atoms with van der Waals surface area (Å²) < 4.78 is 0. The van der Waals surface area contributed by atoms with Crippen LogP contribution in [0.25, 0.3) is 10.9 Å². The highest BCUT2D eigenvalue weighted by Gasteiger charge is 2.08. The number of nitrogens with zero attached hydrogens (tertiary/aromatic N) is 1. The molecule has 1 unspecified atom stereocenters. The van der Waals surface area contributed by atoms with Crippen molar-refractivity contribution in [3.05, 3.63) is 41.0 Å². The second kappa shape index (κ2) is 6.88. The van der Waals surface area contributed by atoms with E-state index in [1.165, 1.54) is 18.4 Å². The van der Waals surface area contributed by atoms with Gasteiger partial charge in [-0.3, -0.25) is 4.98 Å². The second-order valence-corrected chi connectivity index (χ2v) is 5.29. The van der Waals surface area contributed by atoms with Crippen LogP contribution in [0, 0.1) is 0 Å². The molecule has 1 aromatic carbocycles. The number of benzene rings is 1. The number of nitrogens with one attached hydrogen (secondary N) is 1. The first-order valence-electron chi connectivity index (χ1n) is 7.01. The Morgan fingerprint density at radius 3 is 2.84 bits per heavy atom. The van der Waals surface area contributed by atoms with Crippen LogP contribution in [0.4, 0.5) is 0 Å². The molecule has 1 atom stereocenters. The maximum Gasteiger partial charge on any atom is 0.0761 e. The lowest BCUT2D eigenvalue weighted by atomic mass is 10.1. The minimum atomic E-state index is 0.583. The van der Waals surface area contributed by atoms with Crippen LogP contribution in [0.2, 0.25) is 5.02 Å². The molecule has 1 heterocycles. The fourth-order valence-electron chi connectivity index (χ4n) is 2.39. The van der Waals surface area contributed by atoms with E-state index in [1.807, 2.05) is 24.4 Å². The van der Waals surface area contributed by atoms with Gasteiger partial charge in [-0.25, -0.2) is 0 Å². The average molecular weight is 277 g/mol. The molecule has 2 nitrogen and oxygen atoms in total. The Kier molecular flexibility index (Phi) is 5.17. The summed E-state index contributed by atoms with van der Waals surface area (Å²) >= 11 is 6.21. The van der Waals surface area contributed by atoms with Crippen LogP contribution in [0.15, 0.2) is 30.5 Å². The lowest BCUT2D eigenvalue weighted by Crippen LogP contribution is -2.27. The van der Waals surface area contributed by atoms with Crippen molar-refractivity contribution in [2.75, 3.05) is 0 Å². The summed E-state index contributed by atoms with van der Waals surface area (Å²) in [6.07, 6.45) is 5.42. The molecule has 19 heavy (non-hydrogen) atoms. The van der Waals surface area contributed by atoms with Crippen LogP contribution in [0.3, 0.4) is 0 Å². The number of fused-ring (bicyclic) bond motifs is 1. The van der Waals surface area contributed by atoms with Crippen molar-refractivity contribution in [3.8, 4) is 0 Å². The molecule has 0 amide bonds. The van der Waals surface area contributed by atoms with Gasteiger partial charge >= 0.3 is 0 Å². The number of halogens is 1. The van der Waals surface area contributed by atoms with Crippen LogP contribution in [-0.2, 0) is 6.54 Å². The Morgan fingerprint density at radius 2 is 2.11 bits per heavy atom. The number of hydrogen-bond donors (Lipinski definition) is 1. The highest BCUT2D eigenvalue weighted by atomic mass is 35.5. The number of aromatic nitrogens is 1. The highest BCUT2D eigenvalue weighted by Crippen LogP contribution is 2.24. The summed E-state index contributed by atoms with van der Waals surface area (Å²) in [7, 11) is 0. The molecule has 0 aliphatic rings. The Morgan fingerprint density at radius 1 is 1.26 bits per heavy atom. The van der Waals surface area contributed by atoms with Crippen LogP contribution in [-0.4, -0.2) is 11.0 Å². The molecule has 0 saturated heterocycles. The van der Waals surface area contributed by atoms with Gasteiger partial charge in [-0.1, -0.05) is 37.9 Å². The number of hydrogen-bond acceptors (Lipinski definition) is 2. The largest absolute Gasteiger partial charge is 0.310 e.